The molecule has 0 unspecified atom stereocenters. The van der Waals surface area contributed by atoms with Gasteiger partial charge in [0.15, 0.2) is 0 Å². The van der Waals surface area contributed by atoms with Gasteiger partial charge in [-0.1, -0.05) is 36.1 Å². The fraction of sp³-hybridized carbons (Fsp3) is 0.361. The first kappa shape index (κ1) is 35.3. The molecule has 0 saturated heterocycles. The van der Waals surface area contributed by atoms with E-state index in [1.165, 1.54) is 35.5 Å². The molecule has 1 N–H and O–H groups in total. The number of nitrogens with one attached hydrogen (secondary N) is 1. The number of anilines is 1. The van der Waals surface area contributed by atoms with E-state index in [1.807, 2.05) is 43.3 Å². The van der Waals surface area contributed by atoms with Crippen molar-refractivity contribution in [1.82, 2.24) is 4.72 Å². The van der Waals surface area contributed by atoms with Crippen LogP contribution in [-0.2, 0) is 26.7 Å². The molecule has 0 atom stereocenters. The Morgan fingerprint density at radius 2 is 1.48 bits per heavy atom. The third kappa shape index (κ3) is 10.5. The number of nitriles is 1. The van der Waals surface area contributed by atoms with E-state index in [2.05, 4.69) is 84.8 Å². The molecule has 1 aliphatic rings. The lowest BCUT2D eigenvalue weighted by atomic mass is 9.92. The summed E-state index contributed by atoms with van der Waals surface area (Å²) in [7, 11) is 0.449. The summed E-state index contributed by atoms with van der Waals surface area (Å²) in [6.45, 7) is 9.15. The molecular formula is C36H42N5O2S3+. The van der Waals surface area contributed by atoms with E-state index in [1.54, 1.807) is 12.1 Å². The van der Waals surface area contributed by atoms with Gasteiger partial charge in [0.05, 0.1) is 33.2 Å². The van der Waals surface area contributed by atoms with Gasteiger partial charge in [-0.05, 0) is 92.7 Å². The number of nitrogens with zero attached hydrogens (tertiary/aromatic N) is 4. The molecule has 0 saturated carbocycles. The van der Waals surface area contributed by atoms with E-state index in [0.717, 1.165) is 33.4 Å². The summed E-state index contributed by atoms with van der Waals surface area (Å²) in [5.41, 5.74) is 4.60. The molecule has 1 heterocycles. The van der Waals surface area contributed by atoms with Crippen molar-refractivity contribution in [3.63, 3.8) is 0 Å². The molecule has 0 radical (unpaired) electrons. The molecule has 0 fully saturated rings. The zero-order chi connectivity index (χ0) is 33.4. The molecule has 0 amide bonds. The molecule has 0 spiro atoms. The summed E-state index contributed by atoms with van der Waals surface area (Å²) in [6.07, 6.45) is 1.52. The molecule has 0 bridgehead atoms. The number of hydrogen-bond acceptors (Lipinski definition) is 7. The maximum Gasteiger partial charge on any atom is 0.240 e. The summed E-state index contributed by atoms with van der Waals surface area (Å²) < 4.78 is 28.5. The Morgan fingerprint density at radius 3 is 2.00 bits per heavy atom. The quantitative estimate of drug-likeness (QED) is 0.0693. The summed E-state index contributed by atoms with van der Waals surface area (Å²) in [5, 5.41) is 17.9. The molecule has 46 heavy (non-hydrogen) atoms. The number of azo groups is 1. The Bertz CT molecular complexity index is 1740. The lowest BCUT2D eigenvalue weighted by Crippen LogP contribution is -2.29. The Kier molecular flexibility index (Phi) is 11.8. The molecule has 240 valence electrons. The molecule has 7 nitrogen and oxygen atoms in total. The Morgan fingerprint density at radius 1 is 0.935 bits per heavy atom. The standard InChI is InChI=1S/C36H42N5O2S3/c1-35(2)20-21-36(3,4)27-45(26-35)25-28-7-9-29(10-8-28)34(19-22-37)44-24-23-38-46(42,43)33-17-13-31(14-18-33)40-39-30-11-15-32(16-12-30)41(5)6/h7-19,38H,23-27H2,1-6H3/q+1. The van der Waals surface area contributed by atoms with Gasteiger partial charge in [0, 0.05) is 48.6 Å². The Hall–Kier alpha value is -3.54. The monoisotopic (exact) mass is 672 g/mol. The molecule has 3 aromatic carbocycles. The lowest BCUT2D eigenvalue weighted by Gasteiger charge is -2.19. The van der Waals surface area contributed by atoms with Crippen molar-refractivity contribution in [2.45, 2.75) is 38.3 Å². The van der Waals surface area contributed by atoms with Crippen LogP contribution in [0.15, 0.2) is 94.0 Å². The predicted octanol–water partition coefficient (Wildman–Crippen LogP) is 7.93. The van der Waals surface area contributed by atoms with Crippen LogP contribution in [0, 0.1) is 34.0 Å². The van der Waals surface area contributed by atoms with Gasteiger partial charge in [0.25, 0.3) is 0 Å². The SMILES string of the molecule is CN(C)c1ccc(N=Nc2ccc(S(=O)(=O)NCCSC(=CC#N)c3ccc(C[S+]4CC(C)(C)C#CC(C)(C)C4)cc3)cc2)cc1. The smallest absolute Gasteiger partial charge is 0.240 e. The van der Waals surface area contributed by atoms with Gasteiger partial charge >= 0.3 is 0 Å². The van der Waals surface area contributed by atoms with Gasteiger partial charge in [0.1, 0.15) is 17.3 Å². The van der Waals surface area contributed by atoms with Gasteiger partial charge in [-0.25, -0.2) is 13.1 Å². The van der Waals surface area contributed by atoms with Crippen LogP contribution in [-0.4, -0.2) is 46.3 Å². The van der Waals surface area contributed by atoms with Crippen molar-refractivity contribution in [2.75, 3.05) is 42.8 Å². The fourth-order valence-electron chi connectivity index (χ4n) is 4.90. The molecule has 3 aromatic rings. The third-order valence-electron chi connectivity index (χ3n) is 7.12. The van der Waals surface area contributed by atoms with Crippen LogP contribution < -0.4 is 9.62 Å². The highest BCUT2D eigenvalue weighted by atomic mass is 32.2. The number of rotatable bonds is 12. The van der Waals surface area contributed by atoms with Crippen LogP contribution in [0.5, 0.6) is 0 Å². The minimum atomic E-state index is -3.70. The zero-order valence-corrected chi connectivity index (χ0v) is 29.8. The van der Waals surface area contributed by atoms with Gasteiger partial charge in [-0.2, -0.15) is 15.5 Å². The number of thioether (sulfide) groups is 1. The van der Waals surface area contributed by atoms with E-state index in [9.17, 15) is 13.7 Å². The Balaban J connectivity index is 1.29. The van der Waals surface area contributed by atoms with Crippen LogP contribution in [0.2, 0.25) is 0 Å². The topological polar surface area (TPSA) is 97.9 Å². The van der Waals surface area contributed by atoms with E-state index < -0.39 is 10.0 Å². The molecule has 1 aliphatic heterocycles. The van der Waals surface area contributed by atoms with Crippen LogP contribution in [0.25, 0.3) is 4.91 Å². The van der Waals surface area contributed by atoms with Crippen molar-refractivity contribution in [2.24, 2.45) is 21.1 Å². The van der Waals surface area contributed by atoms with Crippen molar-refractivity contribution in [3.05, 3.63) is 90.0 Å². The second kappa shape index (κ2) is 15.4. The van der Waals surface area contributed by atoms with Gasteiger partial charge in [-0.3, -0.25) is 0 Å². The van der Waals surface area contributed by atoms with Crippen LogP contribution in [0.1, 0.15) is 38.8 Å². The molecular weight excluding hydrogens is 631 g/mol. The second-order valence-electron chi connectivity index (χ2n) is 12.7. The van der Waals surface area contributed by atoms with Gasteiger partial charge in [0.2, 0.25) is 10.0 Å². The highest BCUT2D eigenvalue weighted by Gasteiger charge is 2.37. The maximum absolute atomic E-state index is 12.9. The zero-order valence-electron chi connectivity index (χ0n) is 27.4. The number of benzene rings is 3. The summed E-state index contributed by atoms with van der Waals surface area (Å²) >= 11 is 1.45. The molecule has 4 rings (SSSR count). The Labute approximate surface area is 282 Å². The van der Waals surface area contributed by atoms with Crippen LogP contribution >= 0.6 is 11.8 Å². The number of allylic oxidation sites excluding steroid dienone is 1. The molecule has 0 aliphatic carbocycles. The van der Waals surface area contributed by atoms with Crippen molar-refractivity contribution < 1.29 is 8.42 Å². The fourth-order valence-corrected chi connectivity index (χ4v) is 10.1. The van der Waals surface area contributed by atoms with E-state index in [4.69, 9.17) is 0 Å². The summed E-state index contributed by atoms with van der Waals surface area (Å²) in [5.74, 6) is 10.7. The maximum atomic E-state index is 12.9. The van der Waals surface area contributed by atoms with Crippen molar-refractivity contribution in [3.8, 4) is 17.9 Å². The van der Waals surface area contributed by atoms with E-state index in [0.29, 0.717) is 17.1 Å². The molecule has 0 aromatic heterocycles. The lowest BCUT2D eigenvalue weighted by molar-refractivity contribution is 0.574. The van der Waals surface area contributed by atoms with Crippen LogP contribution in [0.4, 0.5) is 17.1 Å². The van der Waals surface area contributed by atoms with Crippen molar-refractivity contribution in [1.29, 1.82) is 5.26 Å². The van der Waals surface area contributed by atoms with Crippen LogP contribution in [0.3, 0.4) is 0 Å². The summed E-state index contributed by atoms with van der Waals surface area (Å²) in [6, 6.07) is 24.5. The van der Waals surface area contributed by atoms with Crippen molar-refractivity contribution >= 4 is 54.6 Å². The highest BCUT2D eigenvalue weighted by Crippen LogP contribution is 2.32. The number of sulfonamides is 1. The summed E-state index contributed by atoms with van der Waals surface area (Å²) in [4.78, 5) is 2.97. The van der Waals surface area contributed by atoms with Gasteiger partial charge < -0.3 is 4.90 Å². The third-order valence-corrected chi connectivity index (χ3v) is 12.7. The van der Waals surface area contributed by atoms with E-state index >= 15 is 0 Å². The normalized spacial score (nSPS) is 16.3. The van der Waals surface area contributed by atoms with Gasteiger partial charge in [-0.15, -0.1) is 11.8 Å². The number of hydrogen-bond donors (Lipinski definition) is 1. The first-order chi connectivity index (χ1) is 21.7. The first-order valence-electron chi connectivity index (χ1n) is 15.0. The average molecular weight is 673 g/mol. The minimum absolute atomic E-state index is 0.0207. The second-order valence-corrected chi connectivity index (χ2v) is 17.7. The highest BCUT2D eigenvalue weighted by molar-refractivity contribution is 8.08. The minimum Gasteiger partial charge on any atom is -0.378 e. The predicted molar refractivity (Wildman–Crippen MR) is 195 cm³/mol. The average Bonchev–Trinajstić information content (AvgIpc) is 3.11. The molecule has 10 heteroatoms. The largest absolute Gasteiger partial charge is 0.378 e. The van der Waals surface area contributed by atoms with E-state index in [-0.39, 0.29) is 33.2 Å². The first-order valence-corrected chi connectivity index (χ1v) is 19.2.